The molecule has 136 valence electrons. The van der Waals surface area contributed by atoms with Gasteiger partial charge in [0.2, 0.25) is 11.8 Å². The number of ether oxygens (including phenoxy) is 1. The molecule has 0 aromatic heterocycles. The lowest BCUT2D eigenvalue weighted by Crippen LogP contribution is -2.30. The molecule has 2 aliphatic rings. The van der Waals surface area contributed by atoms with Crippen LogP contribution in [0.15, 0.2) is 65.2 Å². The molecule has 0 saturated carbocycles. The Hall–Kier alpha value is -2.73. The van der Waals surface area contributed by atoms with Gasteiger partial charge in [0.05, 0.1) is 23.1 Å². The number of allylic oxidation sites excluding steroid dienone is 2. The van der Waals surface area contributed by atoms with E-state index in [0.29, 0.717) is 24.1 Å². The summed E-state index contributed by atoms with van der Waals surface area (Å²) in [6.07, 6.45) is 5.08. The van der Waals surface area contributed by atoms with E-state index in [2.05, 4.69) is 15.9 Å². The number of amides is 2. The Bertz CT molecular complexity index is 925. The average molecular weight is 426 g/mol. The molecule has 2 aromatic rings. The smallest absolute Gasteiger partial charge is 0.343 e. The van der Waals surface area contributed by atoms with Crippen LogP contribution in [0.2, 0.25) is 0 Å². The molecule has 2 amide bonds. The van der Waals surface area contributed by atoms with Gasteiger partial charge < -0.3 is 4.74 Å². The van der Waals surface area contributed by atoms with Crippen molar-refractivity contribution >= 4 is 39.4 Å². The zero-order chi connectivity index (χ0) is 19.0. The Morgan fingerprint density at radius 2 is 1.59 bits per heavy atom. The molecular formula is C21H16BrNO4. The summed E-state index contributed by atoms with van der Waals surface area (Å²) in [6.45, 7) is 0. The monoisotopic (exact) mass is 425 g/mol. The lowest BCUT2D eigenvalue weighted by Gasteiger charge is -2.15. The zero-order valence-corrected chi connectivity index (χ0v) is 15.9. The van der Waals surface area contributed by atoms with Gasteiger partial charge in [0.25, 0.3) is 0 Å². The fraction of sp³-hybridized carbons (Fsp3) is 0.190. The zero-order valence-electron chi connectivity index (χ0n) is 14.3. The van der Waals surface area contributed by atoms with E-state index >= 15 is 0 Å². The molecule has 1 fully saturated rings. The quantitative estimate of drug-likeness (QED) is 0.321. The summed E-state index contributed by atoms with van der Waals surface area (Å²) >= 11 is 3.32. The van der Waals surface area contributed by atoms with E-state index in [0.717, 1.165) is 4.47 Å². The van der Waals surface area contributed by atoms with Crippen molar-refractivity contribution in [2.75, 3.05) is 4.90 Å². The second-order valence-corrected chi connectivity index (χ2v) is 7.48. The third-order valence-electron chi connectivity index (χ3n) is 4.87. The van der Waals surface area contributed by atoms with E-state index in [1.54, 1.807) is 48.5 Å². The van der Waals surface area contributed by atoms with Gasteiger partial charge in [-0.1, -0.05) is 34.1 Å². The van der Waals surface area contributed by atoms with E-state index in [-0.39, 0.29) is 29.4 Å². The van der Waals surface area contributed by atoms with Crippen LogP contribution < -0.4 is 9.64 Å². The highest BCUT2D eigenvalue weighted by atomic mass is 79.9. The van der Waals surface area contributed by atoms with Crippen molar-refractivity contribution in [2.24, 2.45) is 11.8 Å². The first kappa shape index (κ1) is 17.7. The highest BCUT2D eigenvalue weighted by molar-refractivity contribution is 9.10. The molecule has 2 aromatic carbocycles. The maximum Gasteiger partial charge on any atom is 0.343 e. The molecule has 0 bridgehead atoms. The number of imide groups is 1. The van der Waals surface area contributed by atoms with Crippen LogP contribution in [0.3, 0.4) is 0 Å². The number of halogens is 1. The summed E-state index contributed by atoms with van der Waals surface area (Å²) in [4.78, 5) is 38.9. The third-order valence-corrected chi connectivity index (χ3v) is 5.40. The van der Waals surface area contributed by atoms with E-state index in [1.807, 2.05) is 12.2 Å². The first-order valence-electron chi connectivity index (χ1n) is 8.65. The topological polar surface area (TPSA) is 63.7 Å². The Morgan fingerprint density at radius 3 is 2.22 bits per heavy atom. The Balaban J connectivity index is 1.56. The van der Waals surface area contributed by atoms with Crippen LogP contribution in [0, 0.1) is 11.8 Å². The molecule has 1 aliphatic heterocycles. The summed E-state index contributed by atoms with van der Waals surface area (Å²) in [6, 6.07) is 13.3. The number of esters is 1. The summed E-state index contributed by atoms with van der Waals surface area (Å²) in [5.74, 6) is -1.19. The predicted molar refractivity (Wildman–Crippen MR) is 103 cm³/mol. The van der Waals surface area contributed by atoms with Crippen LogP contribution in [0.5, 0.6) is 5.75 Å². The number of benzene rings is 2. The molecule has 1 saturated heterocycles. The SMILES string of the molecule is O=C(Oc1cccc(N2C(=O)[C@@H]3CC=CC[C@H]3C2=O)c1)c1ccc(Br)cc1. The summed E-state index contributed by atoms with van der Waals surface area (Å²) in [7, 11) is 0. The summed E-state index contributed by atoms with van der Waals surface area (Å²) in [5, 5.41) is 0. The average Bonchev–Trinajstić information content (AvgIpc) is 2.93. The molecule has 1 heterocycles. The first-order valence-corrected chi connectivity index (χ1v) is 9.44. The van der Waals surface area contributed by atoms with Gasteiger partial charge in [-0.3, -0.25) is 9.59 Å². The van der Waals surface area contributed by atoms with Crippen LogP contribution in [-0.4, -0.2) is 17.8 Å². The minimum atomic E-state index is -0.503. The minimum Gasteiger partial charge on any atom is -0.423 e. The Morgan fingerprint density at radius 1 is 0.963 bits per heavy atom. The largest absolute Gasteiger partial charge is 0.423 e. The molecule has 0 N–H and O–H groups in total. The molecule has 0 spiro atoms. The van der Waals surface area contributed by atoms with Crippen molar-refractivity contribution in [3.8, 4) is 5.75 Å². The van der Waals surface area contributed by atoms with Gasteiger partial charge >= 0.3 is 5.97 Å². The van der Waals surface area contributed by atoms with E-state index in [4.69, 9.17) is 4.74 Å². The Kier molecular flexibility index (Phi) is 4.66. The highest BCUT2D eigenvalue weighted by Crippen LogP contribution is 2.38. The van der Waals surface area contributed by atoms with Gasteiger partial charge in [-0.25, -0.2) is 9.69 Å². The van der Waals surface area contributed by atoms with Crippen LogP contribution >= 0.6 is 15.9 Å². The number of hydrogen-bond acceptors (Lipinski definition) is 4. The van der Waals surface area contributed by atoms with E-state index in [1.165, 1.54) is 4.90 Å². The second kappa shape index (κ2) is 7.12. The fourth-order valence-electron chi connectivity index (χ4n) is 3.49. The van der Waals surface area contributed by atoms with Crippen LogP contribution in [0.25, 0.3) is 0 Å². The maximum absolute atomic E-state index is 12.7. The molecule has 5 nitrogen and oxygen atoms in total. The highest BCUT2D eigenvalue weighted by Gasteiger charge is 2.47. The number of hydrogen-bond donors (Lipinski definition) is 0. The molecule has 1 aliphatic carbocycles. The normalized spacial score (nSPS) is 21.3. The van der Waals surface area contributed by atoms with Gasteiger partial charge in [0, 0.05) is 10.5 Å². The lowest BCUT2D eigenvalue weighted by atomic mass is 9.85. The molecule has 0 radical (unpaired) electrons. The van der Waals surface area contributed by atoms with Crippen molar-refractivity contribution in [2.45, 2.75) is 12.8 Å². The van der Waals surface area contributed by atoms with Crippen LogP contribution in [-0.2, 0) is 9.59 Å². The number of carbonyl (C=O) groups excluding carboxylic acids is 3. The number of rotatable bonds is 3. The lowest BCUT2D eigenvalue weighted by molar-refractivity contribution is -0.122. The van der Waals surface area contributed by atoms with Gasteiger partial charge in [0.1, 0.15) is 5.75 Å². The first-order chi connectivity index (χ1) is 13.0. The van der Waals surface area contributed by atoms with Gasteiger partial charge in [0.15, 0.2) is 0 Å². The van der Waals surface area contributed by atoms with Crippen molar-refractivity contribution in [1.29, 1.82) is 0 Å². The standard InChI is InChI=1S/C21H16BrNO4/c22-14-10-8-13(9-11-14)21(26)27-16-5-3-4-15(12-16)23-19(24)17-6-1-2-7-18(17)20(23)25/h1-5,8-12,17-18H,6-7H2/t17-,18-/m1/s1. The van der Waals surface area contributed by atoms with Crippen molar-refractivity contribution in [1.82, 2.24) is 0 Å². The predicted octanol–water partition coefficient (Wildman–Crippen LogP) is 4.12. The molecular weight excluding hydrogens is 410 g/mol. The number of nitrogens with zero attached hydrogens (tertiary/aromatic N) is 1. The van der Waals surface area contributed by atoms with Crippen LogP contribution in [0.1, 0.15) is 23.2 Å². The van der Waals surface area contributed by atoms with Crippen LogP contribution in [0.4, 0.5) is 5.69 Å². The molecule has 27 heavy (non-hydrogen) atoms. The number of fused-ring (bicyclic) bond motifs is 1. The van der Waals surface area contributed by atoms with Crippen molar-refractivity contribution < 1.29 is 19.1 Å². The van der Waals surface area contributed by atoms with Gasteiger partial charge in [-0.15, -0.1) is 0 Å². The minimum absolute atomic E-state index is 0.189. The molecule has 0 unspecified atom stereocenters. The van der Waals surface area contributed by atoms with Gasteiger partial charge in [-0.05, 0) is 49.2 Å². The molecule has 2 atom stereocenters. The molecule has 4 rings (SSSR count). The number of carbonyl (C=O) groups is 3. The number of anilines is 1. The van der Waals surface area contributed by atoms with Crippen molar-refractivity contribution in [3.05, 3.63) is 70.7 Å². The summed E-state index contributed by atoms with van der Waals surface area (Å²) < 4.78 is 6.28. The van der Waals surface area contributed by atoms with Gasteiger partial charge in [-0.2, -0.15) is 0 Å². The second-order valence-electron chi connectivity index (χ2n) is 6.56. The third kappa shape index (κ3) is 3.32. The van der Waals surface area contributed by atoms with Crippen molar-refractivity contribution in [3.63, 3.8) is 0 Å². The summed E-state index contributed by atoms with van der Waals surface area (Å²) in [5.41, 5.74) is 0.842. The fourth-order valence-corrected chi connectivity index (χ4v) is 3.76. The Labute approximate surface area is 164 Å². The molecule has 6 heteroatoms. The van der Waals surface area contributed by atoms with E-state index < -0.39 is 5.97 Å². The van der Waals surface area contributed by atoms with E-state index in [9.17, 15) is 14.4 Å². The maximum atomic E-state index is 12.7.